The number of esters is 6. The summed E-state index contributed by atoms with van der Waals surface area (Å²) < 4.78 is 43.9. The summed E-state index contributed by atoms with van der Waals surface area (Å²) in [7, 11) is 0. The summed E-state index contributed by atoms with van der Waals surface area (Å²) in [4.78, 5) is 78.6. The number of hydrogen-bond donors (Lipinski definition) is 0. The van der Waals surface area contributed by atoms with Crippen LogP contribution in [0.4, 0.5) is 0 Å². The number of carbonyl (C=O) groups is 6. The van der Waals surface area contributed by atoms with Crippen LogP contribution in [0.3, 0.4) is 0 Å². The minimum atomic E-state index is -1.81. The quantitative estimate of drug-likeness (QED) is 0.218. The van der Waals surface area contributed by atoms with Gasteiger partial charge in [-0.25, -0.2) is 4.79 Å². The molecule has 1 aliphatic heterocycles. The third-order valence-corrected chi connectivity index (χ3v) is 10.8. The molecule has 2 bridgehead atoms. The topological polar surface area (TPSA) is 167 Å². The van der Waals surface area contributed by atoms with E-state index in [0.717, 1.165) is 0 Å². The number of benzene rings is 1. The van der Waals surface area contributed by atoms with Crippen LogP contribution in [-0.2, 0) is 57.1 Å². The molecule has 13 nitrogen and oxygen atoms in total. The predicted molar refractivity (Wildman–Crippen MR) is 173 cm³/mol. The Morgan fingerprint density at radius 1 is 0.800 bits per heavy atom. The van der Waals surface area contributed by atoms with E-state index in [1.54, 1.807) is 70.2 Å². The summed E-state index contributed by atoms with van der Waals surface area (Å²) in [5.41, 5.74) is -5.93. The van der Waals surface area contributed by atoms with Crippen LogP contribution in [0, 0.1) is 29.1 Å². The fourth-order valence-electron chi connectivity index (χ4n) is 9.57. The van der Waals surface area contributed by atoms with Crippen molar-refractivity contribution in [3.63, 3.8) is 0 Å². The summed E-state index contributed by atoms with van der Waals surface area (Å²) in [5.74, 6) is -7.36. The van der Waals surface area contributed by atoms with Crippen molar-refractivity contribution in [1.82, 2.24) is 0 Å². The first kappa shape index (κ1) is 37.0. The highest BCUT2D eigenvalue weighted by Crippen LogP contribution is 2.69. The van der Waals surface area contributed by atoms with Crippen LogP contribution in [-0.4, -0.2) is 83.6 Å². The Balaban J connectivity index is 1.90. The molecule has 272 valence electrons. The monoisotopic (exact) mass is 698 g/mol. The Morgan fingerprint density at radius 3 is 1.98 bits per heavy atom. The zero-order valence-electron chi connectivity index (χ0n) is 29.9. The van der Waals surface area contributed by atoms with Gasteiger partial charge >= 0.3 is 35.8 Å². The molecule has 0 spiro atoms. The lowest BCUT2D eigenvalue weighted by Gasteiger charge is -2.53. The summed E-state index contributed by atoms with van der Waals surface area (Å²) in [6, 6.07) is 8.23. The lowest BCUT2D eigenvalue weighted by Crippen LogP contribution is -2.64. The van der Waals surface area contributed by atoms with Gasteiger partial charge < -0.3 is 33.2 Å². The molecule has 0 aromatic heterocycles. The molecule has 1 saturated heterocycles. The SMILES string of the molecule is CC(=O)O[C@@H]1[C@@H]2[C@@H](OC(C)=O)[C@@]34CO[C@@](C)([C@@H](OC(=O)c5ccccc5)[C@@]2(OC(C)=O)C[C@@H]1C)[C@@H]3[C@@H](C(C)(C)OC(C)=O)C=C[C@H]4OC(C)=O. The lowest BCUT2D eigenvalue weighted by atomic mass is 9.54. The zero-order valence-corrected chi connectivity index (χ0v) is 29.9. The van der Waals surface area contributed by atoms with Gasteiger partial charge in [0.2, 0.25) is 0 Å². The van der Waals surface area contributed by atoms with Crippen LogP contribution in [0.15, 0.2) is 42.5 Å². The van der Waals surface area contributed by atoms with Crippen LogP contribution in [0.25, 0.3) is 0 Å². The number of hydrogen-bond acceptors (Lipinski definition) is 13. The van der Waals surface area contributed by atoms with Gasteiger partial charge in [-0.15, -0.1) is 0 Å². The third-order valence-electron chi connectivity index (χ3n) is 10.8. The fourth-order valence-corrected chi connectivity index (χ4v) is 9.57. The summed E-state index contributed by atoms with van der Waals surface area (Å²) in [6.45, 7) is 12.9. The van der Waals surface area contributed by atoms with Crippen LogP contribution in [0.5, 0.6) is 0 Å². The molecule has 11 atom stereocenters. The first-order chi connectivity index (χ1) is 23.3. The van der Waals surface area contributed by atoms with E-state index in [4.69, 9.17) is 33.2 Å². The van der Waals surface area contributed by atoms with E-state index in [1.165, 1.54) is 34.6 Å². The molecule has 3 aliphatic carbocycles. The molecule has 0 radical (unpaired) electrons. The molecule has 0 unspecified atom stereocenters. The molecule has 1 heterocycles. The lowest BCUT2D eigenvalue weighted by molar-refractivity contribution is -0.239. The predicted octanol–water partition coefficient (Wildman–Crippen LogP) is 3.90. The number of carbonyl (C=O) groups excluding carboxylic acids is 6. The Morgan fingerprint density at radius 2 is 1.42 bits per heavy atom. The maximum Gasteiger partial charge on any atom is 0.338 e. The van der Waals surface area contributed by atoms with Crippen molar-refractivity contribution in [2.24, 2.45) is 29.1 Å². The van der Waals surface area contributed by atoms with Gasteiger partial charge in [0, 0.05) is 46.5 Å². The van der Waals surface area contributed by atoms with Crippen molar-refractivity contribution < 1.29 is 61.9 Å². The average molecular weight is 699 g/mol. The molecule has 1 aromatic rings. The largest absolute Gasteiger partial charge is 0.462 e. The number of rotatable bonds is 8. The first-order valence-electron chi connectivity index (χ1n) is 16.8. The maximum atomic E-state index is 14.1. The highest BCUT2D eigenvalue weighted by Gasteiger charge is 2.82. The standard InChI is InChI=1S/C37H46O13/c1-19-17-37(50-24(6)42)28(29(19)46-21(3)39)31(47-22(4)40)36-18-44-35(9,33(37)48-32(43)25-13-11-10-12-14-25)30(36)26(34(7,8)49-23(5)41)15-16-27(36)45-20(2)38/h10-16,19,26-31,33H,17-18H2,1-9H3/t19-,26-,27+,28+,29-,30-,31+,33+,35+,36+,37+/m0/s1. The summed E-state index contributed by atoms with van der Waals surface area (Å²) in [6.07, 6.45) is -1.46. The molecule has 50 heavy (non-hydrogen) atoms. The summed E-state index contributed by atoms with van der Waals surface area (Å²) in [5, 5.41) is 0. The molecule has 2 saturated carbocycles. The van der Waals surface area contributed by atoms with Gasteiger partial charge in [-0.05, 0) is 51.3 Å². The van der Waals surface area contributed by atoms with Gasteiger partial charge in [-0.1, -0.05) is 31.2 Å². The molecule has 0 amide bonds. The fraction of sp³-hybridized carbons (Fsp3) is 0.622. The number of ether oxygens (including phenoxy) is 7. The van der Waals surface area contributed by atoms with Gasteiger partial charge in [0.15, 0.2) is 11.7 Å². The van der Waals surface area contributed by atoms with Crippen LogP contribution >= 0.6 is 0 Å². The molecular formula is C37H46O13. The molecular weight excluding hydrogens is 652 g/mol. The molecule has 4 aliphatic rings. The molecule has 0 N–H and O–H groups in total. The normalized spacial score (nSPS) is 36.9. The van der Waals surface area contributed by atoms with Gasteiger partial charge in [-0.3, -0.25) is 24.0 Å². The maximum absolute atomic E-state index is 14.1. The van der Waals surface area contributed by atoms with Gasteiger partial charge in [0.25, 0.3) is 0 Å². The average Bonchev–Trinajstić information content (AvgIpc) is 3.43. The van der Waals surface area contributed by atoms with E-state index >= 15 is 0 Å². The smallest absolute Gasteiger partial charge is 0.338 e. The Bertz CT molecular complexity index is 1580. The highest BCUT2D eigenvalue weighted by molar-refractivity contribution is 5.89. The van der Waals surface area contributed by atoms with Crippen LogP contribution < -0.4 is 0 Å². The second-order valence-electron chi connectivity index (χ2n) is 14.7. The molecule has 1 aromatic carbocycles. The Labute approximate surface area is 291 Å². The van der Waals surface area contributed by atoms with Crippen molar-refractivity contribution >= 4 is 35.8 Å². The van der Waals surface area contributed by atoms with E-state index < -0.39 is 106 Å². The minimum Gasteiger partial charge on any atom is -0.462 e. The minimum absolute atomic E-state index is 0.00507. The zero-order chi connectivity index (χ0) is 37.0. The summed E-state index contributed by atoms with van der Waals surface area (Å²) >= 11 is 0. The van der Waals surface area contributed by atoms with E-state index in [2.05, 4.69) is 0 Å². The second kappa shape index (κ2) is 13.1. The Kier molecular flexibility index (Phi) is 9.72. The van der Waals surface area contributed by atoms with Crippen molar-refractivity contribution in [3.8, 4) is 0 Å². The third kappa shape index (κ3) is 6.07. The van der Waals surface area contributed by atoms with Gasteiger partial charge in [-0.2, -0.15) is 0 Å². The van der Waals surface area contributed by atoms with Crippen LogP contribution in [0.2, 0.25) is 0 Å². The van der Waals surface area contributed by atoms with Crippen molar-refractivity contribution in [3.05, 3.63) is 48.0 Å². The van der Waals surface area contributed by atoms with Gasteiger partial charge in [0.05, 0.1) is 23.5 Å². The van der Waals surface area contributed by atoms with E-state index in [1.807, 2.05) is 0 Å². The molecule has 3 fully saturated rings. The second-order valence-corrected chi connectivity index (χ2v) is 14.7. The Hall–Kier alpha value is -4.26. The van der Waals surface area contributed by atoms with E-state index in [0.29, 0.717) is 0 Å². The van der Waals surface area contributed by atoms with Crippen molar-refractivity contribution in [1.29, 1.82) is 0 Å². The molecule has 13 heteroatoms. The van der Waals surface area contributed by atoms with Crippen molar-refractivity contribution in [2.75, 3.05) is 6.61 Å². The highest BCUT2D eigenvalue weighted by atomic mass is 16.6. The van der Waals surface area contributed by atoms with Crippen molar-refractivity contribution in [2.45, 2.75) is 110 Å². The van der Waals surface area contributed by atoms with E-state index in [-0.39, 0.29) is 18.6 Å². The number of fused-ring (bicyclic) bond motifs is 1. The van der Waals surface area contributed by atoms with Crippen LogP contribution in [0.1, 0.15) is 79.1 Å². The van der Waals surface area contributed by atoms with Gasteiger partial charge in [0.1, 0.15) is 29.5 Å². The van der Waals surface area contributed by atoms with E-state index in [9.17, 15) is 28.8 Å². The first-order valence-corrected chi connectivity index (χ1v) is 16.8. The molecule has 5 rings (SSSR count).